The number of hydrogen-bond donors (Lipinski definition) is 2. The summed E-state index contributed by atoms with van der Waals surface area (Å²) in [5.41, 5.74) is 0.356. The van der Waals surface area contributed by atoms with Crippen molar-refractivity contribution < 1.29 is 14.7 Å². The largest absolute Gasteiger partial charge is 0.478 e. The van der Waals surface area contributed by atoms with E-state index < -0.39 is 11.9 Å². The lowest BCUT2D eigenvalue weighted by Gasteiger charge is -2.09. The molecule has 4 nitrogen and oxygen atoms in total. The molecule has 2 N–H and O–H groups in total. The number of nitrogens with one attached hydrogen (secondary N) is 1. The van der Waals surface area contributed by atoms with Crippen molar-refractivity contribution in [2.75, 3.05) is 5.32 Å². The van der Waals surface area contributed by atoms with Crippen molar-refractivity contribution in [1.82, 2.24) is 0 Å². The summed E-state index contributed by atoms with van der Waals surface area (Å²) in [5.74, 6) is -1.51. The van der Waals surface area contributed by atoms with Crippen molar-refractivity contribution in [3.63, 3.8) is 0 Å². The van der Waals surface area contributed by atoms with Gasteiger partial charge in [-0.05, 0) is 22.9 Å². The molecule has 0 radical (unpaired) electrons. The van der Waals surface area contributed by atoms with E-state index in [9.17, 15) is 14.7 Å². The molecule has 0 bridgehead atoms. The predicted octanol–water partition coefficient (Wildman–Crippen LogP) is 2.66. The molecule has 0 spiro atoms. The molecule has 18 heavy (non-hydrogen) atoms. The fraction of sp³-hybridized carbons (Fsp3) is 0. The van der Waals surface area contributed by atoms with Crippen molar-refractivity contribution in [3.05, 3.63) is 54.6 Å². The molecule has 2 rings (SSSR count). The van der Waals surface area contributed by atoms with Crippen LogP contribution in [-0.2, 0) is 4.79 Å². The number of benzene rings is 2. The monoisotopic (exact) mass is 241 g/mol. The summed E-state index contributed by atoms with van der Waals surface area (Å²) < 4.78 is 0. The Bertz CT molecular complexity index is 647. The van der Waals surface area contributed by atoms with Gasteiger partial charge in [0, 0.05) is 0 Å². The molecule has 0 fully saturated rings. The molecule has 4 heteroatoms. The second kappa shape index (κ2) is 4.71. The maximum Gasteiger partial charge on any atom is 0.338 e. The Labute approximate surface area is 104 Å². The molecular formula is C14H11NO3. The van der Waals surface area contributed by atoms with Gasteiger partial charge in [-0.2, -0.15) is 0 Å². The van der Waals surface area contributed by atoms with E-state index in [2.05, 4.69) is 11.9 Å². The lowest BCUT2D eigenvalue weighted by Crippen LogP contribution is -2.12. The number of carbonyl (C=O) groups excluding carboxylic acids is 1. The highest BCUT2D eigenvalue weighted by Gasteiger charge is 2.15. The summed E-state index contributed by atoms with van der Waals surface area (Å²) >= 11 is 0. The molecule has 0 aliphatic carbocycles. The van der Waals surface area contributed by atoms with Crippen molar-refractivity contribution in [3.8, 4) is 0 Å². The number of carboxylic acids is 1. The Balaban J connectivity index is 2.66. The quantitative estimate of drug-likeness (QED) is 0.812. The standard InChI is InChI=1S/C14H11NO3/c1-2-12(16)15-11-8-7-9-5-3-4-6-10(9)13(11)14(17)18/h2-8H,1H2,(H,15,16)(H,17,18). The SMILES string of the molecule is C=CC(=O)Nc1ccc2ccccc2c1C(=O)O. The van der Waals surface area contributed by atoms with Crippen molar-refractivity contribution >= 4 is 28.3 Å². The molecular weight excluding hydrogens is 230 g/mol. The Kier molecular flexibility index (Phi) is 3.10. The number of carboxylic acid groups (broad SMARTS) is 1. The van der Waals surface area contributed by atoms with Crippen LogP contribution in [0.25, 0.3) is 10.8 Å². The minimum absolute atomic E-state index is 0.0864. The minimum atomic E-state index is -1.08. The highest BCUT2D eigenvalue weighted by molar-refractivity contribution is 6.12. The number of carbonyl (C=O) groups is 2. The van der Waals surface area contributed by atoms with E-state index in [-0.39, 0.29) is 11.3 Å². The first kappa shape index (κ1) is 11.9. The highest BCUT2D eigenvalue weighted by Crippen LogP contribution is 2.26. The number of rotatable bonds is 3. The van der Waals surface area contributed by atoms with Crippen LogP contribution >= 0.6 is 0 Å². The lowest BCUT2D eigenvalue weighted by molar-refractivity contribution is -0.111. The maximum atomic E-state index is 11.3. The fourth-order valence-electron chi connectivity index (χ4n) is 1.79. The summed E-state index contributed by atoms with van der Waals surface area (Å²) in [4.78, 5) is 22.6. The van der Waals surface area contributed by atoms with Gasteiger partial charge in [0.1, 0.15) is 0 Å². The third-order valence-corrected chi connectivity index (χ3v) is 2.59. The molecule has 0 aliphatic rings. The summed E-state index contributed by atoms with van der Waals surface area (Å²) in [5, 5.41) is 13.2. The van der Waals surface area contributed by atoms with Gasteiger partial charge in [0.15, 0.2) is 0 Å². The van der Waals surface area contributed by atoms with E-state index in [0.29, 0.717) is 5.39 Å². The van der Waals surface area contributed by atoms with Gasteiger partial charge in [0.05, 0.1) is 11.3 Å². The molecule has 0 saturated carbocycles. The highest BCUT2D eigenvalue weighted by atomic mass is 16.4. The van der Waals surface area contributed by atoms with Crippen LogP contribution in [0.5, 0.6) is 0 Å². The van der Waals surface area contributed by atoms with Gasteiger partial charge in [0.25, 0.3) is 0 Å². The zero-order valence-electron chi connectivity index (χ0n) is 9.51. The molecule has 90 valence electrons. The topological polar surface area (TPSA) is 66.4 Å². The molecule has 0 atom stereocenters. The molecule has 0 unspecified atom stereocenters. The van der Waals surface area contributed by atoms with Crippen LogP contribution in [0.2, 0.25) is 0 Å². The molecule has 0 aliphatic heterocycles. The lowest BCUT2D eigenvalue weighted by atomic mass is 10.0. The first-order valence-electron chi connectivity index (χ1n) is 5.32. The van der Waals surface area contributed by atoms with E-state index >= 15 is 0 Å². The van der Waals surface area contributed by atoms with Crippen molar-refractivity contribution in [2.45, 2.75) is 0 Å². The molecule has 2 aromatic carbocycles. The normalized spacial score (nSPS) is 10.0. The third-order valence-electron chi connectivity index (χ3n) is 2.59. The van der Waals surface area contributed by atoms with Crippen LogP contribution in [0.1, 0.15) is 10.4 Å². The molecule has 0 aromatic heterocycles. The van der Waals surface area contributed by atoms with Crippen LogP contribution < -0.4 is 5.32 Å². The van der Waals surface area contributed by atoms with Gasteiger partial charge in [-0.3, -0.25) is 4.79 Å². The second-order valence-electron chi connectivity index (χ2n) is 3.71. The van der Waals surface area contributed by atoms with E-state index in [1.807, 2.05) is 12.1 Å². The van der Waals surface area contributed by atoms with Crippen LogP contribution in [0, 0.1) is 0 Å². The Morgan fingerprint density at radius 3 is 2.56 bits per heavy atom. The van der Waals surface area contributed by atoms with E-state index in [4.69, 9.17) is 0 Å². The van der Waals surface area contributed by atoms with E-state index in [1.165, 1.54) is 0 Å². The van der Waals surface area contributed by atoms with Gasteiger partial charge < -0.3 is 10.4 Å². The van der Waals surface area contributed by atoms with Crippen molar-refractivity contribution in [2.24, 2.45) is 0 Å². The summed E-state index contributed by atoms with van der Waals surface area (Å²) in [7, 11) is 0. The fourth-order valence-corrected chi connectivity index (χ4v) is 1.79. The van der Waals surface area contributed by atoms with E-state index in [0.717, 1.165) is 11.5 Å². The molecule has 2 aromatic rings. The minimum Gasteiger partial charge on any atom is -0.478 e. The first-order chi connectivity index (χ1) is 8.63. The average molecular weight is 241 g/mol. The first-order valence-corrected chi connectivity index (χ1v) is 5.32. The average Bonchev–Trinajstić information content (AvgIpc) is 2.37. The van der Waals surface area contributed by atoms with Gasteiger partial charge in [-0.15, -0.1) is 0 Å². The molecule has 0 heterocycles. The Morgan fingerprint density at radius 1 is 1.17 bits per heavy atom. The van der Waals surface area contributed by atoms with Crippen molar-refractivity contribution in [1.29, 1.82) is 0 Å². The second-order valence-corrected chi connectivity index (χ2v) is 3.71. The smallest absolute Gasteiger partial charge is 0.338 e. The molecule has 0 saturated heterocycles. The zero-order chi connectivity index (χ0) is 13.1. The van der Waals surface area contributed by atoms with Gasteiger partial charge in [-0.25, -0.2) is 4.79 Å². The number of anilines is 1. The number of amides is 1. The number of hydrogen-bond acceptors (Lipinski definition) is 2. The van der Waals surface area contributed by atoms with Crippen LogP contribution in [0.4, 0.5) is 5.69 Å². The number of aromatic carboxylic acids is 1. The Hall–Kier alpha value is -2.62. The third kappa shape index (κ3) is 2.08. The van der Waals surface area contributed by atoms with Gasteiger partial charge >= 0.3 is 5.97 Å². The number of fused-ring (bicyclic) bond motifs is 1. The van der Waals surface area contributed by atoms with E-state index in [1.54, 1.807) is 24.3 Å². The summed E-state index contributed by atoms with van der Waals surface area (Å²) in [6, 6.07) is 10.5. The van der Waals surface area contributed by atoms with Gasteiger partial charge in [-0.1, -0.05) is 36.9 Å². The van der Waals surface area contributed by atoms with Crippen LogP contribution in [0.3, 0.4) is 0 Å². The predicted molar refractivity (Wildman–Crippen MR) is 69.7 cm³/mol. The van der Waals surface area contributed by atoms with Crippen LogP contribution in [-0.4, -0.2) is 17.0 Å². The van der Waals surface area contributed by atoms with Crippen LogP contribution in [0.15, 0.2) is 49.1 Å². The zero-order valence-corrected chi connectivity index (χ0v) is 9.51. The maximum absolute atomic E-state index is 11.3. The summed E-state index contributed by atoms with van der Waals surface area (Å²) in [6.07, 6.45) is 1.10. The Morgan fingerprint density at radius 2 is 1.89 bits per heavy atom. The van der Waals surface area contributed by atoms with Gasteiger partial charge in [0.2, 0.25) is 5.91 Å². The summed E-state index contributed by atoms with van der Waals surface area (Å²) in [6.45, 7) is 3.33. The molecule has 1 amide bonds.